The highest BCUT2D eigenvalue weighted by Gasteiger charge is 2.81. The van der Waals surface area contributed by atoms with E-state index in [9.17, 15) is 104 Å². The molecule has 750 valence electrons. The number of ether oxygens (including phenoxy) is 1. The van der Waals surface area contributed by atoms with E-state index in [1.807, 2.05) is 41.5 Å². The first kappa shape index (κ1) is 131. The van der Waals surface area contributed by atoms with Gasteiger partial charge < -0.3 is 24.5 Å². The summed E-state index contributed by atoms with van der Waals surface area (Å²) in [5.74, 6) is -10.1. The third-order valence-corrected chi connectivity index (χ3v) is 35.7. The van der Waals surface area contributed by atoms with Crippen LogP contribution in [-0.2, 0) is 94.3 Å². The molecule has 7 aromatic carbocycles. The van der Waals surface area contributed by atoms with Crippen molar-refractivity contribution in [1.29, 1.82) is 0 Å². The third-order valence-electron chi connectivity index (χ3n) is 20.6. The van der Waals surface area contributed by atoms with Crippen LogP contribution in [0.3, 0.4) is 0 Å². The molecule has 3 unspecified atom stereocenters. The summed E-state index contributed by atoms with van der Waals surface area (Å²) >= 11 is -0.0703. The molecule has 0 N–H and O–H groups in total. The SMILES string of the molecule is C.C.C.C.C.C.C.C.CC(C)(C)c1ccc([I+]c2ccc(C(C)(C)C)cc2)cc1.CCC(C)(C)C(=O)OCCCS(=O)(=O)C(=[N+]=[N-])S(=O)(=O)C1CCCCC1.CCC(C)c1ccc(OS(=O)(=O)C(F)(F)C(F)(F)C(F)(F)S(=O)(=O)[O-])cc1C.CCC(C)c1ccc(S(=O)(=O)C(=[N+]=[N-])S(=O)(=O)c2ccccc2)cc1.CCC(C)c1ccc(S(=O)(=O)ON2C(=O)c3ccccc3C2=O)cc1. The van der Waals surface area contributed by atoms with Crippen LogP contribution in [0.5, 0.6) is 5.75 Å². The number of imide groups is 1. The zero-order chi connectivity index (χ0) is 94.9. The van der Waals surface area contributed by atoms with Gasteiger partial charge in [0.25, 0.3) is 51.2 Å². The van der Waals surface area contributed by atoms with Gasteiger partial charge in [0, 0.05) is 0 Å². The molecular formula is C93H136F6IN5O21S7. The van der Waals surface area contributed by atoms with Gasteiger partial charge in [-0.2, -0.15) is 43.2 Å². The summed E-state index contributed by atoms with van der Waals surface area (Å²) in [5.41, 5.74) is 24.0. The van der Waals surface area contributed by atoms with E-state index in [-0.39, 0.29) is 142 Å². The number of rotatable bonds is 26. The molecule has 40 heteroatoms. The average Bonchev–Trinajstić information content (AvgIpc) is 1.16. The maximum atomic E-state index is 13.7. The van der Waals surface area contributed by atoms with Crippen LogP contribution in [0.15, 0.2) is 185 Å². The van der Waals surface area contributed by atoms with E-state index < -0.39 is 135 Å². The first-order chi connectivity index (χ1) is 57.6. The van der Waals surface area contributed by atoms with Crippen LogP contribution in [0.4, 0.5) is 26.3 Å². The summed E-state index contributed by atoms with van der Waals surface area (Å²) in [4.78, 5) is 40.9. The van der Waals surface area contributed by atoms with Crippen molar-refractivity contribution in [1.82, 2.24) is 5.06 Å². The predicted octanol–water partition coefficient (Wildman–Crippen LogP) is 19.3. The number of hydrogen-bond donors (Lipinski definition) is 0. The zero-order valence-corrected chi connectivity index (χ0v) is 79.6. The lowest BCUT2D eigenvalue weighted by Crippen LogP contribution is -3.61. The van der Waals surface area contributed by atoms with E-state index in [1.165, 1.54) is 91.9 Å². The fraction of sp³-hybridized carbons (Fsp3) is 0.495. The number of carbonyl (C=O) groups excluding carboxylic acids is 3. The largest absolute Gasteiger partial charge is 0.743 e. The third kappa shape index (κ3) is 32.6. The second-order valence-electron chi connectivity index (χ2n) is 32.2. The minimum atomic E-state index is -7.33. The van der Waals surface area contributed by atoms with Crippen molar-refractivity contribution in [3.8, 4) is 5.75 Å². The zero-order valence-electron chi connectivity index (χ0n) is 71.8. The molecule has 2 aliphatic rings. The minimum Gasteiger partial charge on any atom is -0.743 e. The Morgan fingerprint density at radius 2 is 0.902 bits per heavy atom. The molecule has 0 aromatic heterocycles. The molecule has 2 amide bonds. The number of sulfone groups is 4. The Kier molecular flexibility index (Phi) is 51.9. The molecule has 1 saturated carbocycles. The first-order valence-electron chi connectivity index (χ1n) is 39.3. The molecule has 0 radical (unpaired) electrons. The summed E-state index contributed by atoms with van der Waals surface area (Å²) in [7, 11) is -35.9. The van der Waals surface area contributed by atoms with Gasteiger partial charge in [0.1, 0.15) is 5.75 Å². The molecule has 1 fully saturated rings. The van der Waals surface area contributed by atoms with Crippen molar-refractivity contribution in [2.45, 2.75) is 299 Å². The molecule has 26 nitrogen and oxygen atoms in total. The normalized spacial score (nSPS) is 13.8. The van der Waals surface area contributed by atoms with Gasteiger partial charge >= 0.3 is 72.6 Å². The lowest BCUT2D eigenvalue weighted by Gasteiger charge is -2.32. The quantitative estimate of drug-likeness (QED) is 0.00415. The molecule has 9 rings (SSSR count). The number of amides is 2. The number of hydrogen-bond acceptors (Lipinski definition) is 21. The molecule has 1 aliphatic carbocycles. The van der Waals surface area contributed by atoms with Gasteiger partial charge in [-0.1, -0.05) is 254 Å². The smallest absolute Gasteiger partial charge is 0.504 e. The maximum Gasteiger partial charge on any atom is 0.504 e. The van der Waals surface area contributed by atoms with Crippen molar-refractivity contribution in [3.63, 3.8) is 0 Å². The van der Waals surface area contributed by atoms with Gasteiger partial charge in [0.2, 0.25) is 0 Å². The summed E-state index contributed by atoms with van der Waals surface area (Å²) in [6.45, 7) is 31.9. The van der Waals surface area contributed by atoms with Crippen LogP contribution in [0.1, 0.15) is 299 Å². The second-order valence-corrected chi connectivity index (χ2v) is 48.2. The van der Waals surface area contributed by atoms with Crippen LogP contribution in [0.25, 0.3) is 11.1 Å². The topological polar surface area (TPSA) is 417 Å². The van der Waals surface area contributed by atoms with Gasteiger partial charge in [0.05, 0.1) is 48.8 Å². The predicted molar refractivity (Wildman–Crippen MR) is 508 cm³/mol. The number of benzene rings is 7. The van der Waals surface area contributed by atoms with Crippen LogP contribution in [-0.4, -0.2) is 139 Å². The average molecular weight is 2130 g/mol. The summed E-state index contributed by atoms with van der Waals surface area (Å²) in [6, 6.07) is 46.6. The second kappa shape index (κ2) is 52.8. The van der Waals surface area contributed by atoms with Gasteiger partial charge in [-0.25, -0.2) is 42.1 Å². The fourth-order valence-electron chi connectivity index (χ4n) is 11.8. The molecule has 133 heavy (non-hydrogen) atoms. The van der Waals surface area contributed by atoms with E-state index in [1.54, 1.807) is 63.2 Å². The Morgan fingerprint density at radius 3 is 1.27 bits per heavy atom. The van der Waals surface area contributed by atoms with E-state index >= 15 is 0 Å². The lowest BCUT2D eigenvalue weighted by atomic mass is 9.87. The highest BCUT2D eigenvalue weighted by molar-refractivity contribution is 8.31. The van der Waals surface area contributed by atoms with Crippen LogP contribution >= 0.6 is 0 Å². The van der Waals surface area contributed by atoms with Crippen molar-refractivity contribution in [2.24, 2.45) is 5.41 Å². The Morgan fingerprint density at radius 1 is 0.511 bits per heavy atom. The van der Waals surface area contributed by atoms with Gasteiger partial charge in [-0.3, -0.25) is 14.4 Å². The highest BCUT2D eigenvalue weighted by atomic mass is 127. The van der Waals surface area contributed by atoms with Crippen LogP contribution in [0, 0.1) is 19.5 Å². The Balaban J connectivity index is -0.000000772. The lowest BCUT2D eigenvalue weighted by molar-refractivity contribution is -0.597. The van der Waals surface area contributed by atoms with Crippen molar-refractivity contribution >= 4 is 96.2 Å². The van der Waals surface area contributed by atoms with E-state index in [0.29, 0.717) is 60.6 Å². The number of fused-ring (bicyclic) bond motifs is 1. The van der Waals surface area contributed by atoms with Crippen molar-refractivity contribution in [3.05, 3.63) is 233 Å². The number of carbonyl (C=O) groups is 3. The van der Waals surface area contributed by atoms with Crippen LogP contribution < -0.4 is 25.4 Å². The Hall–Kier alpha value is -8.41. The number of nitrogens with zero attached hydrogens (tertiary/aromatic N) is 5. The monoisotopic (exact) mass is 2120 g/mol. The minimum absolute atomic E-state index is 0. The van der Waals surface area contributed by atoms with E-state index in [2.05, 4.69) is 104 Å². The molecule has 1 aliphatic heterocycles. The number of hydroxylamine groups is 2. The summed E-state index contributed by atoms with van der Waals surface area (Å²) in [6.07, 6.45) is 6.00. The van der Waals surface area contributed by atoms with E-state index in [4.69, 9.17) is 20.1 Å². The molecule has 0 spiro atoms. The van der Waals surface area contributed by atoms with Crippen LogP contribution in [0.2, 0.25) is 0 Å². The van der Waals surface area contributed by atoms with Gasteiger partial charge in [0.15, 0.2) is 17.3 Å². The van der Waals surface area contributed by atoms with Gasteiger partial charge in [-0.15, -0.1) is 18.9 Å². The van der Waals surface area contributed by atoms with Crippen molar-refractivity contribution in [2.75, 3.05) is 12.4 Å². The number of aryl methyl sites for hydroxylation is 1. The summed E-state index contributed by atoms with van der Waals surface area (Å²) in [5, 5.41) is -14.2. The molecular weight excluding hydrogens is 1990 g/mol. The first-order valence-corrected chi connectivity index (χ1v) is 51.9. The van der Waals surface area contributed by atoms with Crippen molar-refractivity contribution < 1.29 is 148 Å². The van der Waals surface area contributed by atoms with E-state index in [0.717, 1.165) is 42.5 Å². The highest BCUT2D eigenvalue weighted by Crippen LogP contribution is 2.51. The number of halogens is 7. The molecule has 0 saturated heterocycles. The number of esters is 1. The Labute approximate surface area is 798 Å². The molecule has 3 atom stereocenters. The Bertz CT molecular complexity index is 5840. The summed E-state index contributed by atoms with van der Waals surface area (Å²) < 4.78 is 273. The molecule has 7 aromatic rings. The number of alkyl halides is 6. The molecule has 0 bridgehead atoms. The van der Waals surface area contributed by atoms with Gasteiger partial charge in [-0.05, 0) is 213 Å². The standard InChI is InChI=1S/C20H26I.C18H17NO5S.C17H18N2O4S2.C16H28N2O6S2.C14H16F6O6S2.8CH4/c1-19(2,3)15-7-11-17(12-8-15)21-18-13-9-16(10-14-18)20(4,5)6;1-3-12(2)13-8-10-14(11-9-13)25(22,23)24-19-17(20)15-6-4-5-7-16(15)18(19)21;1-3-13(2)14-9-11-16(12-10-14)25(22,23)17(19-18)24(20,21)15-7-5-4-6-8-15;1-4-16(2,3)14(19)24-11-8-12-25(20,21)15(18-17)26(22,23)13-9-6-5-7-10-13;1-4-8(2)11-6-5-10(7-9(11)3)26-28(24,25)14(19,20)12(15,16)13(17,18)27(21,22)23;;;;;;;;/h7-14H,1-6H3;4-12H,3H2,1-2H3;4-13H,3H2,1-2H3;13H,4-12H2,1-3H3;5-8H,4H2,1-3H3,(H,21,22,23);8*1H4/q+1;;;;;;;;;;;;/p-1. The fourth-order valence-corrected chi connectivity index (χ4v) is 23.8. The molecule has 1 heterocycles. The maximum absolute atomic E-state index is 13.7.